The fraction of sp³-hybridized carbons (Fsp3) is 0.400. The second-order valence-corrected chi connectivity index (χ2v) is 6.27. The molecular weight excluding hydrogens is 312 g/mol. The Morgan fingerprint density at radius 3 is 2.40 bits per heavy atom. The largest absolute Gasteiger partial charge is 0.372 e. The first-order valence-corrected chi connectivity index (χ1v) is 9.08. The van der Waals surface area contributed by atoms with Gasteiger partial charge in [0, 0.05) is 49.4 Å². The SMILES string of the molecule is CCN(CC)c1ccc(Nc2ccnc(C(=O)N3CCCC3)c2)cc1. The predicted octanol–water partition coefficient (Wildman–Crippen LogP) is 3.91. The van der Waals surface area contributed by atoms with Gasteiger partial charge >= 0.3 is 0 Å². The highest BCUT2D eigenvalue weighted by Gasteiger charge is 2.20. The molecule has 0 aliphatic carbocycles. The van der Waals surface area contributed by atoms with Crippen molar-refractivity contribution in [1.29, 1.82) is 0 Å². The molecule has 3 rings (SSSR count). The van der Waals surface area contributed by atoms with Crippen molar-refractivity contribution < 1.29 is 4.79 Å². The Labute approximate surface area is 149 Å². The molecular formula is C20H26N4O. The van der Waals surface area contributed by atoms with Crippen LogP contribution in [0.15, 0.2) is 42.6 Å². The Hall–Kier alpha value is -2.56. The Balaban J connectivity index is 1.70. The van der Waals surface area contributed by atoms with E-state index in [0.29, 0.717) is 5.69 Å². The highest BCUT2D eigenvalue weighted by atomic mass is 16.2. The first kappa shape index (κ1) is 17.3. The summed E-state index contributed by atoms with van der Waals surface area (Å²) in [5.74, 6) is 0.0260. The zero-order valence-electron chi connectivity index (χ0n) is 15.0. The Morgan fingerprint density at radius 2 is 1.76 bits per heavy atom. The second kappa shape index (κ2) is 8.01. The van der Waals surface area contributed by atoms with Gasteiger partial charge in [-0.2, -0.15) is 0 Å². The van der Waals surface area contributed by atoms with E-state index in [1.54, 1.807) is 6.20 Å². The number of carbonyl (C=O) groups excluding carboxylic acids is 1. The molecule has 5 heteroatoms. The number of rotatable bonds is 6. The molecule has 0 radical (unpaired) electrons. The number of aromatic nitrogens is 1. The molecule has 25 heavy (non-hydrogen) atoms. The van der Waals surface area contributed by atoms with Crippen LogP contribution in [0.25, 0.3) is 0 Å². The minimum Gasteiger partial charge on any atom is -0.372 e. The van der Waals surface area contributed by atoms with Gasteiger partial charge in [-0.25, -0.2) is 0 Å². The fourth-order valence-electron chi connectivity index (χ4n) is 3.22. The molecule has 0 saturated carbocycles. The van der Waals surface area contributed by atoms with E-state index in [0.717, 1.165) is 50.4 Å². The molecule has 2 aromatic rings. The molecule has 1 aromatic heterocycles. The van der Waals surface area contributed by atoms with E-state index in [9.17, 15) is 4.79 Å². The van der Waals surface area contributed by atoms with E-state index >= 15 is 0 Å². The van der Waals surface area contributed by atoms with Crippen LogP contribution in [0.3, 0.4) is 0 Å². The third kappa shape index (κ3) is 4.10. The smallest absolute Gasteiger partial charge is 0.272 e. The molecule has 1 aliphatic rings. The van der Waals surface area contributed by atoms with Crippen molar-refractivity contribution in [3.8, 4) is 0 Å². The van der Waals surface area contributed by atoms with Gasteiger partial charge in [-0.3, -0.25) is 9.78 Å². The molecule has 1 amide bonds. The molecule has 1 saturated heterocycles. The van der Waals surface area contributed by atoms with E-state index in [4.69, 9.17) is 0 Å². The zero-order valence-corrected chi connectivity index (χ0v) is 15.0. The van der Waals surface area contributed by atoms with E-state index < -0.39 is 0 Å². The lowest BCUT2D eigenvalue weighted by atomic mass is 10.2. The summed E-state index contributed by atoms with van der Waals surface area (Å²) in [7, 11) is 0. The van der Waals surface area contributed by atoms with Crippen molar-refractivity contribution in [2.24, 2.45) is 0 Å². The summed E-state index contributed by atoms with van der Waals surface area (Å²) in [6.45, 7) is 7.98. The highest BCUT2D eigenvalue weighted by Crippen LogP contribution is 2.22. The van der Waals surface area contributed by atoms with Crippen LogP contribution < -0.4 is 10.2 Å². The quantitative estimate of drug-likeness (QED) is 0.867. The molecule has 1 aliphatic heterocycles. The number of nitrogens with one attached hydrogen (secondary N) is 1. The van der Waals surface area contributed by atoms with Crippen LogP contribution in [0.5, 0.6) is 0 Å². The third-order valence-corrected chi connectivity index (χ3v) is 4.66. The number of carbonyl (C=O) groups is 1. The number of amides is 1. The second-order valence-electron chi connectivity index (χ2n) is 6.27. The third-order valence-electron chi connectivity index (χ3n) is 4.66. The van der Waals surface area contributed by atoms with Crippen LogP contribution in [0.4, 0.5) is 17.1 Å². The number of pyridine rings is 1. The number of benzene rings is 1. The molecule has 132 valence electrons. The minimum atomic E-state index is 0.0260. The maximum absolute atomic E-state index is 12.5. The van der Waals surface area contributed by atoms with E-state index in [2.05, 4.69) is 53.3 Å². The van der Waals surface area contributed by atoms with Gasteiger partial charge in [-0.15, -0.1) is 0 Å². The number of likely N-dealkylation sites (tertiary alicyclic amines) is 1. The molecule has 5 nitrogen and oxygen atoms in total. The topological polar surface area (TPSA) is 48.5 Å². The lowest BCUT2D eigenvalue weighted by Crippen LogP contribution is -2.28. The average Bonchev–Trinajstić information content (AvgIpc) is 3.18. The van der Waals surface area contributed by atoms with Crippen molar-refractivity contribution in [2.45, 2.75) is 26.7 Å². The van der Waals surface area contributed by atoms with Gasteiger partial charge in [0.2, 0.25) is 0 Å². The fourth-order valence-corrected chi connectivity index (χ4v) is 3.22. The first-order chi connectivity index (χ1) is 12.2. The highest BCUT2D eigenvalue weighted by molar-refractivity contribution is 5.93. The van der Waals surface area contributed by atoms with Crippen molar-refractivity contribution in [1.82, 2.24) is 9.88 Å². The van der Waals surface area contributed by atoms with Crippen LogP contribution >= 0.6 is 0 Å². The molecule has 0 spiro atoms. The summed E-state index contributed by atoms with van der Waals surface area (Å²) in [5.41, 5.74) is 3.61. The van der Waals surface area contributed by atoms with Gasteiger partial charge in [0.15, 0.2) is 0 Å². The van der Waals surface area contributed by atoms with E-state index in [1.165, 1.54) is 5.69 Å². The average molecular weight is 338 g/mol. The van der Waals surface area contributed by atoms with Crippen molar-refractivity contribution in [2.75, 3.05) is 36.4 Å². The minimum absolute atomic E-state index is 0.0260. The summed E-state index contributed by atoms with van der Waals surface area (Å²) in [6.07, 6.45) is 3.86. The first-order valence-electron chi connectivity index (χ1n) is 9.08. The Kier molecular flexibility index (Phi) is 5.53. The van der Waals surface area contributed by atoms with Crippen molar-refractivity contribution >= 4 is 23.0 Å². The lowest BCUT2D eigenvalue weighted by Gasteiger charge is -2.21. The summed E-state index contributed by atoms with van der Waals surface area (Å²) in [5, 5.41) is 3.36. The van der Waals surface area contributed by atoms with Crippen LogP contribution in [-0.2, 0) is 0 Å². The molecule has 2 heterocycles. The Bertz CT molecular complexity index is 704. The van der Waals surface area contributed by atoms with Gasteiger partial charge in [-0.05, 0) is 63.1 Å². The summed E-state index contributed by atoms with van der Waals surface area (Å²) in [6, 6.07) is 12.1. The normalized spacial score (nSPS) is 13.8. The molecule has 1 N–H and O–H groups in total. The maximum Gasteiger partial charge on any atom is 0.272 e. The molecule has 0 bridgehead atoms. The van der Waals surface area contributed by atoms with Gasteiger partial charge in [0.1, 0.15) is 5.69 Å². The van der Waals surface area contributed by atoms with Crippen LogP contribution in [-0.4, -0.2) is 42.0 Å². The zero-order chi connectivity index (χ0) is 17.6. The van der Waals surface area contributed by atoms with Gasteiger partial charge in [0.05, 0.1) is 0 Å². The number of hydrogen-bond donors (Lipinski definition) is 1. The predicted molar refractivity (Wildman–Crippen MR) is 103 cm³/mol. The van der Waals surface area contributed by atoms with Crippen molar-refractivity contribution in [3.63, 3.8) is 0 Å². The number of nitrogens with zero attached hydrogens (tertiary/aromatic N) is 3. The molecule has 0 atom stereocenters. The summed E-state index contributed by atoms with van der Waals surface area (Å²) in [4.78, 5) is 20.9. The van der Waals surface area contributed by atoms with Crippen LogP contribution in [0.1, 0.15) is 37.2 Å². The standard InChI is InChI=1S/C20H26N4O/c1-3-23(4-2)18-9-7-16(8-10-18)22-17-11-12-21-19(15-17)20(25)24-13-5-6-14-24/h7-12,15H,3-6,13-14H2,1-2H3,(H,21,22). The van der Waals surface area contributed by atoms with Crippen LogP contribution in [0.2, 0.25) is 0 Å². The van der Waals surface area contributed by atoms with Crippen LogP contribution in [0, 0.1) is 0 Å². The van der Waals surface area contributed by atoms with Gasteiger partial charge in [-0.1, -0.05) is 0 Å². The molecule has 0 unspecified atom stereocenters. The number of hydrogen-bond acceptors (Lipinski definition) is 4. The molecule has 1 fully saturated rings. The lowest BCUT2D eigenvalue weighted by molar-refractivity contribution is 0.0787. The summed E-state index contributed by atoms with van der Waals surface area (Å²) >= 11 is 0. The maximum atomic E-state index is 12.5. The number of anilines is 3. The van der Waals surface area contributed by atoms with E-state index in [-0.39, 0.29) is 5.91 Å². The molecule has 1 aromatic carbocycles. The Morgan fingerprint density at radius 1 is 1.08 bits per heavy atom. The van der Waals surface area contributed by atoms with E-state index in [1.807, 2.05) is 17.0 Å². The van der Waals surface area contributed by atoms with Gasteiger partial charge < -0.3 is 15.1 Å². The monoisotopic (exact) mass is 338 g/mol. The van der Waals surface area contributed by atoms with Crippen molar-refractivity contribution in [3.05, 3.63) is 48.3 Å². The summed E-state index contributed by atoms with van der Waals surface area (Å²) < 4.78 is 0. The van der Waals surface area contributed by atoms with Gasteiger partial charge in [0.25, 0.3) is 5.91 Å².